The number of nitrogens with zero attached hydrogens (tertiary/aromatic N) is 1. The van der Waals surface area contributed by atoms with E-state index >= 15 is 8.78 Å². The summed E-state index contributed by atoms with van der Waals surface area (Å²) in [5.41, 5.74) is -2.24. The van der Waals surface area contributed by atoms with Gasteiger partial charge < -0.3 is 20.6 Å². The smallest absolute Gasteiger partial charge is 0.150 e. The van der Waals surface area contributed by atoms with Gasteiger partial charge in [-0.3, -0.25) is 4.79 Å². The number of ketones is 1. The second kappa shape index (κ2) is 11.5. The Bertz CT molecular complexity index is 1240. The molecular formula is C28H30Cl2F2N2O4. The van der Waals surface area contributed by atoms with Crippen LogP contribution in [0.2, 0.25) is 10.0 Å². The van der Waals surface area contributed by atoms with Crippen molar-refractivity contribution in [2.75, 3.05) is 13.2 Å². The molecule has 0 radical (unpaired) electrons. The van der Waals surface area contributed by atoms with Crippen LogP contribution in [0.4, 0.5) is 8.78 Å². The lowest BCUT2D eigenvalue weighted by Gasteiger charge is -2.36. The minimum Gasteiger partial charge on any atom is -0.396 e. The summed E-state index contributed by atoms with van der Waals surface area (Å²) in [6.45, 7) is -0.575. The number of nitrogens with one attached hydrogen (secondary N) is 1. The van der Waals surface area contributed by atoms with Crippen LogP contribution in [0.3, 0.4) is 0 Å². The fourth-order valence-corrected chi connectivity index (χ4v) is 6.13. The van der Waals surface area contributed by atoms with Gasteiger partial charge in [-0.2, -0.15) is 5.26 Å². The van der Waals surface area contributed by atoms with E-state index in [1.807, 2.05) is 0 Å². The van der Waals surface area contributed by atoms with Gasteiger partial charge >= 0.3 is 0 Å². The van der Waals surface area contributed by atoms with Gasteiger partial charge in [0.1, 0.15) is 22.8 Å². The van der Waals surface area contributed by atoms with Crippen LogP contribution >= 0.6 is 23.2 Å². The minimum absolute atomic E-state index is 0.00554. The number of halogens is 4. The van der Waals surface area contributed by atoms with E-state index in [1.54, 1.807) is 0 Å². The molecule has 0 aromatic heterocycles. The zero-order valence-electron chi connectivity index (χ0n) is 20.6. The first-order chi connectivity index (χ1) is 18.1. The first-order valence-electron chi connectivity index (χ1n) is 12.6. The SMILES string of the molecule is N#C[C@]1(c2ccc(Cl)cc2F)[C@H](CC2(CO)CC2)N[C@@H](C(=O)CCC[C@H](O)CO)[C@@H]1c1cccc(Cl)c1F. The molecule has 1 saturated carbocycles. The Balaban J connectivity index is 1.88. The summed E-state index contributed by atoms with van der Waals surface area (Å²) in [6, 6.07) is 8.65. The molecule has 2 fully saturated rings. The van der Waals surface area contributed by atoms with Gasteiger partial charge in [-0.15, -0.1) is 0 Å². The average Bonchev–Trinajstić information content (AvgIpc) is 3.60. The molecule has 2 aromatic rings. The normalized spacial score (nSPS) is 26.6. The van der Waals surface area contributed by atoms with E-state index in [1.165, 1.54) is 30.3 Å². The predicted molar refractivity (Wildman–Crippen MR) is 139 cm³/mol. The van der Waals surface area contributed by atoms with E-state index in [9.17, 15) is 20.3 Å². The highest BCUT2D eigenvalue weighted by molar-refractivity contribution is 6.31. The van der Waals surface area contributed by atoms with Crippen molar-refractivity contribution in [3.05, 3.63) is 69.2 Å². The van der Waals surface area contributed by atoms with Gasteiger partial charge in [-0.25, -0.2) is 8.78 Å². The number of rotatable bonds is 11. The number of carbonyl (C=O) groups is 1. The zero-order valence-corrected chi connectivity index (χ0v) is 22.2. The summed E-state index contributed by atoms with van der Waals surface area (Å²) in [5.74, 6) is -3.06. The van der Waals surface area contributed by atoms with Crippen molar-refractivity contribution in [3.63, 3.8) is 0 Å². The standard InChI is InChI=1S/C28H30Cl2F2N2O4/c29-16-7-8-19(21(31)11-16)28(14-33)23(12-27(15-36)9-10-27)34-26(22(38)6-1-3-17(37)13-35)24(28)18-4-2-5-20(30)25(18)32/h2,4-5,7-8,11,17,23-24,26,34-37H,1,3,6,9-10,12-13,15H2/t17-,23-,24-,26-,28-/m0/s1. The average molecular weight is 567 g/mol. The number of aliphatic hydroxyl groups is 3. The van der Waals surface area contributed by atoms with Crippen LogP contribution in [-0.2, 0) is 10.2 Å². The van der Waals surface area contributed by atoms with Crippen LogP contribution in [0, 0.1) is 28.4 Å². The second-order valence-corrected chi connectivity index (χ2v) is 11.3. The molecule has 2 aliphatic rings. The topological polar surface area (TPSA) is 114 Å². The molecule has 10 heteroatoms. The van der Waals surface area contributed by atoms with E-state index in [0.717, 1.165) is 6.07 Å². The Morgan fingerprint density at radius 3 is 2.55 bits per heavy atom. The molecule has 1 heterocycles. The first kappa shape index (κ1) is 28.9. The lowest BCUT2D eigenvalue weighted by atomic mass is 9.63. The maximum atomic E-state index is 15.6. The molecule has 4 rings (SSSR count). The Hall–Kier alpha value is -2.12. The van der Waals surface area contributed by atoms with Crippen LogP contribution in [0.1, 0.15) is 55.6 Å². The fraction of sp³-hybridized carbons (Fsp3) is 0.500. The van der Waals surface area contributed by atoms with Crippen LogP contribution in [0.5, 0.6) is 0 Å². The monoisotopic (exact) mass is 566 g/mol. The van der Waals surface area contributed by atoms with Crippen molar-refractivity contribution in [2.24, 2.45) is 5.41 Å². The van der Waals surface area contributed by atoms with Gasteiger partial charge in [0, 0.05) is 35.6 Å². The van der Waals surface area contributed by atoms with Crippen molar-refractivity contribution in [1.29, 1.82) is 5.26 Å². The summed E-state index contributed by atoms with van der Waals surface area (Å²) >= 11 is 12.1. The summed E-state index contributed by atoms with van der Waals surface area (Å²) in [4.78, 5) is 13.6. The maximum Gasteiger partial charge on any atom is 0.150 e. The van der Waals surface area contributed by atoms with Crippen molar-refractivity contribution in [1.82, 2.24) is 5.32 Å². The summed E-state index contributed by atoms with van der Waals surface area (Å²) in [5, 5.41) is 42.9. The van der Waals surface area contributed by atoms with Gasteiger partial charge in [0.15, 0.2) is 0 Å². The molecule has 6 nitrogen and oxygen atoms in total. The third-order valence-electron chi connectivity index (χ3n) is 8.08. The summed E-state index contributed by atoms with van der Waals surface area (Å²) in [6.07, 6.45) is 1.12. The lowest BCUT2D eigenvalue weighted by Crippen LogP contribution is -2.44. The van der Waals surface area contributed by atoms with Gasteiger partial charge in [0.25, 0.3) is 0 Å². The molecule has 0 amide bonds. The second-order valence-electron chi connectivity index (χ2n) is 10.5. The van der Waals surface area contributed by atoms with Crippen LogP contribution < -0.4 is 5.32 Å². The van der Waals surface area contributed by atoms with E-state index < -0.39 is 53.2 Å². The Labute approximate surface area is 230 Å². The maximum absolute atomic E-state index is 15.6. The van der Waals surface area contributed by atoms with Crippen LogP contribution in [0.15, 0.2) is 36.4 Å². The molecule has 0 bridgehead atoms. The minimum atomic E-state index is -1.74. The fourth-order valence-electron chi connectivity index (χ4n) is 5.79. The third kappa shape index (κ3) is 5.33. The summed E-state index contributed by atoms with van der Waals surface area (Å²) in [7, 11) is 0. The number of benzene rings is 2. The number of carbonyl (C=O) groups excluding carboxylic acids is 1. The number of hydrogen-bond donors (Lipinski definition) is 4. The quantitative estimate of drug-likeness (QED) is 0.320. The highest BCUT2D eigenvalue weighted by atomic mass is 35.5. The lowest BCUT2D eigenvalue weighted by molar-refractivity contribution is -0.121. The van der Waals surface area contributed by atoms with Gasteiger partial charge in [0.05, 0.1) is 29.8 Å². The molecule has 2 aromatic carbocycles. The number of Topliss-reactive ketones (excluding diaryl/α,β-unsaturated/α-hetero) is 1. The van der Waals surface area contributed by atoms with Gasteiger partial charge in [0.2, 0.25) is 0 Å². The highest BCUT2D eigenvalue weighted by Gasteiger charge is 2.62. The molecule has 0 unspecified atom stereocenters. The molecular weight excluding hydrogens is 537 g/mol. The van der Waals surface area contributed by atoms with E-state index in [4.69, 9.17) is 28.3 Å². The van der Waals surface area contributed by atoms with E-state index in [2.05, 4.69) is 11.4 Å². The molecule has 0 spiro atoms. The third-order valence-corrected chi connectivity index (χ3v) is 8.61. The van der Waals surface area contributed by atoms with Gasteiger partial charge in [-0.1, -0.05) is 41.4 Å². The molecule has 1 aliphatic carbocycles. The number of nitriles is 1. The van der Waals surface area contributed by atoms with E-state index in [0.29, 0.717) is 12.8 Å². The number of hydrogen-bond acceptors (Lipinski definition) is 6. The molecule has 1 saturated heterocycles. The molecule has 1 aliphatic heterocycles. The van der Waals surface area contributed by atoms with E-state index in [-0.39, 0.29) is 59.2 Å². The molecule has 204 valence electrons. The Morgan fingerprint density at radius 2 is 1.95 bits per heavy atom. The first-order valence-corrected chi connectivity index (χ1v) is 13.4. The van der Waals surface area contributed by atoms with Crippen LogP contribution in [-0.4, -0.2) is 52.5 Å². The van der Waals surface area contributed by atoms with Crippen molar-refractivity contribution >= 4 is 29.0 Å². The van der Waals surface area contributed by atoms with Crippen molar-refractivity contribution < 1.29 is 28.9 Å². The van der Waals surface area contributed by atoms with Crippen molar-refractivity contribution in [3.8, 4) is 6.07 Å². The highest BCUT2D eigenvalue weighted by Crippen LogP contribution is 2.57. The molecule has 38 heavy (non-hydrogen) atoms. The Morgan fingerprint density at radius 1 is 1.21 bits per heavy atom. The summed E-state index contributed by atoms with van der Waals surface area (Å²) < 4.78 is 31.2. The molecule has 5 atom stereocenters. The van der Waals surface area contributed by atoms with Crippen LogP contribution in [0.25, 0.3) is 0 Å². The van der Waals surface area contributed by atoms with Gasteiger partial charge in [-0.05, 0) is 61.3 Å². The predicted octanol–water partition coefficient (Wildman–Crippen LogP) is 4.41. The molecule has 4 N–H and O–H groups in total. The van der Waals surface area contributed by atoms with Crippen molar-refractivity contribution in [2.45, 2.75) is 68.0 Å². The number of aliphatic hydroxyl groups excluding tert-OH is 3. The Kier molecular flexibility index (Phi) is 8.78. The zero-order chi connectivity index (χ0) is 27.7. The largest absolute Gasteiger partial charge is 0.396 e.